The molecule has 66 heavy (non-hydrogen) atoms. The Morgan fingerprint density at radius 2 is 1.09 bits per heavy atom. The van der Waals surface area contributed by atoms with Crippen molar-refractivity contribution in [3.63, 3.8) is 0 Å². The SMILES string of the molecule is CCCCCCc1ccsc1.CCCCCCc1cs[c]([Sn]([CH2]CCC)([CH2]CCC)[CH2]CCC)c1.Cc1cc(Br)c2nsnc2c1Br.Cc1ccc(N)c(N)c1.Cc1ccc2nsnc2c1. The molecule has 7 aromatic rings. The molecule has 4 heterocycles. The van der Waals surface area contributed by atoms with Crippen LogP contribution in [0.1, 0.15) is 152 Å². The molecular weight excluding hydrogens is 1130 g/mol. The van der Waals surface area contributed by atoms with Gasteiger partial charge in [0.1, 0.15) is 22.1 Å². The summed E-state index contributed by atoms with van der Waals surface area (Å²) in [7, 11) is 0. The van der Waals surface area contributed by atoms with E-state index in [2.05, 4.69) is 131 Å². The average Bonchev–Trinajstić information content (AvgIpc) is 4.17. The van der Waals surface area contributed by atoms with Gasteiger partial charge in [-0.25, -0.2) is 0 Å². The molecule has 4 aromatic heterocycles. The quantitative estimate of drug-likeness (QED) is 0.0448. The summed E-state index contributed by atoms with van der Waals surface area (Å²) >= 11 is 11.2. The van der Waals surface area contributed by atoms with Crippen molar-refractivity contribution >= 4 is 133 Å². The van der Waals surface area contributed by atoms with Crippen LogP contribution in [0.4, 0.5) is 11.4 Å². The topological polar surface area (TPSA) is 104 Å². The molecule has 6 nitrogen and oxygen atoms in total. The van der Waals surface area contributed by atoms with Crippen molar-refractivity contribution in [2.75, 3.05) is 11.5 Å². The molecule has 0 unspecified atom stereocenters. The predicted molar refractivity (Wildman–Crippen MR) is 309 cm³/mol. The number of rotatable bonds is 20. The summed E-state index contributed by atoms with van der Waals surface area (Å²) in [5.74, 6) is 0. The molecule has 0 amide bonds. The molecule has 0 aliphatic rings. The van der Waals surface area contributed by atoms with E-state index in [0.29, 0.717) is 11.4 Å². The largest absolute Gasteiger partial charge is 0.397 e. The van der Waals surface area contributed by atoms with Crippen molar-refractivity contribution in [3.8, 4) is 0 Å². The molecular formula is C53H78Br2N6S4Sn. The van der Waals surface area contributed by atoms with Crippen molar-refractivity contribution in [1.82, 2.24) is 17.5 Å². The number of hydrogen-bond donors (Lipinski definition) is 2. The van der Waals surface area contributed by atoms with Crippen LogP contribution in [-0.2, 0) is 12.8 Å². The van der Waals surface area contributed by atoms with E-state index in [1.165, 1.54) is 143 Å². The predicted octanol–water partition coefficient (Wildman–Crippen LogP) is 18.5. The number of thiophene rings is 2. The summed E-state index contributed by atoms with van der Waals surface area (Å²) in [5.41, 5.74) is 22.9. The molecule has 0 aliphatic carbocycles. The van der Waals surface area contributed by atoms with Gasteiger partial charge in [-0.15, -0.1) is 0 Å². The van der Waals surface area contributed by atoms with Crippen molar-refractivity contribution in [2.45, 2.75) is 171 Å². The van der Waals surface area contributed by atoms with Crippen LogP contribution >= 0.6 is 78.0 Å². The van der Waals surface area contributed by atoms with E-state index in [-0.39, 0.29) is 0 Å². The number of anilines is 2. The first-order valence-electron chi connectivity index (χ1n) is 24.4. The Hall–Kier alpha value is -1.94. The molecule has 0 atom stereocenters. The van der Waals surface area contributed by atoms with E-state index in [9.17, 15) is 0 Å². The van der Waals surface area contributed by atoms with Crippen LogP contribution in [-0.4, -0.2) is 35.9 Å². The third-order valence-electron chi connectivity index (χ3n) is 11.7. The fourth-order valence-corrected chi connectivity index (χ4v) is 30.7. The van der Waals surface area contributed by atoms with Gasteiger partial charge >= 0.3 is 161 Å². The summed E-state index contributed by atoms with van der Waals surface area (Å²) in [6.45, 7) is 17.8. The van der Waals surface area contributed by atoms with Crippen LogP contribution in [0.25, 0.3) is 22.1 Å². The maximum absolute atomic E-state index is 5.50. The van der Waals surface area contributed by atoms with E-state index in [1.807, 2.05) is 59.2 Å². The van der Waals surface area contributed by atoms with Gasteiger partial charge in [-0.3, -0.25) is 0 Å². The number of benzene rings is 3. The molecule has 0 radical (unpaired) electrons. The number of fused-ring (bicyclic) bond motifs is 2. The fourth-order valence-electron chi connectivity index (χ4n) is 7.61. The Kier molecular flexibility index (Phi) is 29.7. The van der Waals surface area contributed by atoms with Gasteiger partial charge in [0.25, 0.3) is 0 Å². The summed E-state index contributed by atoms with van der Waals surface area (Å²) < 4.78 is 25.4. The zero-order chi connectivity index (χ0) is 48.2. The second-order valence-corrected chi connectivity index (χ2v) is 36.1. The molecule has 0 fully saturated rings. The molecule has 362 valence electrons. The van der Waals surface area contributed by atoms with Crippen LogP contribution in [0, 0.1) is 20.8 Å². The van der Waals surface area contributed by atoms with Gasteiger partial charge in [-0.1, -0.05) is 38.3 Å². The number of nitrogens with two attached hydrogens (primary N) is 2. The summed E-state index contributed by atoms with van der Waals surface area (Å²) in [6.07, 6.45) is 22.2. The maximum Gasteiger partial charge on any atom is 0.120 e. The summed E-state index contributed by atoms with van der Waals surface area (Å²) in [5, 5.41) is 6.94. The standard InChI is InChI=1S/C10H16S.C10H15S.C7H4Br2N2S.C7H6N2S.C7H10N2.3C4H9.Sn/c2*1-2-3-4-5-6-10-7-8-11-9-10;1-3-2-4(8)6-7(5(3)9)11-12-10-6;1-5-2-3-6-7(4-5)9-10-8-6;1-5-2-3-6(8)7(9)4-5;3*1-3-4-2;/h7-9H,2-6H2,1H3;7,9H,2-6H2,1H3;2H,1H3;2-4H,1H3;2-4H,8-9H2,1H3;3*1,3-4H2,2H3;. The molecule has 13 heteroatoms. The minimum atomic E-state index is -2.14. The van der Waals surface area contributed by atoms with Crippen LogP contribution in [0.5, 0.6) is 0 Å². The minimum absolute atomic E-state index is 0.653. The van der Waals surface area contributed by atoms with Gasteiger partial charge in [0.2, 0.25) is 0 Å². The second-order valence-electron chi connectivity index (χ2n) is 17.5. The number of hydrogen-bond acceptors (Lipinski definition) is 10. The van der Waals surface area contributed by atoms with E-state index >= 15 is 0 Å². The Morgan fingerprint density at radius 1 is 0.530 bits per heavy atom. The number of aryl methyl sites for hydroxylation is 5. The third-order valence-corrected chi connectivity index (χ3v) is 34.4. The van der Waals surface area contributed by atoms with Gasteiger partial charge in [0, 0.05) is 8.95 Å². The first kappa shape index (κ1) is 58.4. The Bertz CT molecular complexity index is 2320. The fraction of sp³-hybridized carbons (Fsp3) is 0.509. The monoisotopic (exact) mass is 1200 g/mol. The molecule has 7 rings (SSSR count). The van der Waals surface area contributed by atoms with E-state index in [0.717, 1.165) is 36.6 Å². The van der Waals surface area contributed by atoms with Gasteiger partial charge in [-0.05, 0) is 135 Å². The van der Waals surface area contributed by atoms with Crippen LogP contribution < -0.4 is 14.4 Å². The molecule has 3 aromatic carbocycles. The first-order valence-corrected chi connectivity index (χ1v) is 36.7. The van der Waals surface area contributed by atoms with Crippen LogP contribution in [0.15, 0.2) is 79.7 Å². The van der Waals surface area contributed by atoms with E-state index in [4.69, 9.17) is 11.5 Å². The van der Waals surface area contributed by atoms with Crippen LogP contribution in [0.3, 0.4) is 0 Å². The minimum Gasteiger partial charge on any atom is -0.397 e. The van der Waals surface area contributed by atoms with Crippen molar-refractivity contribution in [1.29, 1.82) is 0 Å². The van der Waals surface area contributed by atoms with Crippen molar-refractivity contribution in [2.24, 2.45) is 0 Å². The average molecular weight is 1210 g/mol. The summed E-state index contributed by atoms with van der Waals surface area (Å²) in [4.78, 5) is 0. The van der Waals surface area contributed by atoms with Crippen LogP contribution in [0.2, 0.25) is 13.3 Å². The number of aromatic nitrogens is 4. The van der Waals surface area contributed by atoms with Crippen molar-refractivity contribution < 1.29 is 0 Å². The Labute approximate surface area is 436 Å². The van der Waals surface area contributed by atoms with Gasteiger partial charge in [0.05, 0.1) is 34.8 Å². The molecule has 0 aliphatic heterocycles. The molecule has 0 bridgehead atoms. The summed E-state index contributed by atoms with van der Waals surface area (Å²) in [6, 6.07) is 18.6. The Balaban J connectivity index is 0.000000232. The zero-order valence-corrected chi connectivity index (χ0v) is 50.5. The van der Waals surface area contributed by atoms with Gasteiger partial charge < -0.3 is 11.5 Å². The third kappa shape index (κ3) is 21.0. The molecule has 0 saturated carbocycles. The van der Waals surface area contributed by atoms with Gasteiger partial charge in [0.15, 0.2) is 0 Å². The van der Waals surface area contributed by atoms with Gasteiger partial charge in [-0.2, -0.15) is 28.8 Å². The van der Waals surface area contributed by atoms with E-state index in [1.54, 1.807) is 30.2 Å². The second kappa shape index (κ2) is 33.6. The molecule has 4 N–H and O–H groups in total. The Morgan fingerprint density at radius 3 is 1.67 bits per heavy atom. The van der Waals surface area contributed by atoms with Crippen molar-refractivity contribution in [3.05, 3.63) is 108 Å². The molecule has 0 spiro atoms. The normalized spacial score (nSPS) is 10.9. The number of halogens is 2. The number of nitrogens with zero attached hydrogens (tertiary/aromatic N) is 4. The number of nitrogen functional groups attached to an aromatic ring is 2. The zero-order valence-electron chi connectivity index (χ0n) is 41.2. The maximum atomic E-state index is 5.50. The smallest absolute Gasteiger partial charge is 0.120 e. The molecule has 0 saturated heterocycles. The first-order chi connectivity index (χ1) is 31.9. The number of unbranched alkanes of at least 4 members (excludes halogenated alkanes) is 9. The van der Waals surface area contributed by atoms with E-state index < -0.39 is 18.4 Å².